The number of nitrogens with zero attached hydrogens (tertiary/aromatic N) is 3. The molecule has 0 spiro atoms. The summed E-state index contributed by atoms with van der Waals surface area (Å²) in [5.74, 6) is -2.08. The van der Waals surface area contributed by atoms with E-state index in [1.165, 1.54) is 23.9 Å². The number of rotatable bonds is 3. The van der Waals surface area contributed by atoms with E-state index < -0.39 is 11.6 Å². The van der Waals surface area contributed by atoms with E-state index in [4.69, 9.17) is 0 Å². The summed E-state index contributed by atoms with van der Waals surface area (Å²) in [6.07, 6.45) is 1.18. The van der Waals surface area contributed by atoms with Gasteiger partial charge in [0.05, 0.1) is 5.69 Å². The first-order chi connectivity index (χ1) is 16.7. The van der Waals surface area contributed by atoms with Crippen LogP contribution in [0.1, 0.15) is 39.0 Å². The number of carbonyl (C=O) groups excluding carboxylic acids is 1. The molecule has 0 radical (unpaired) electrons. The fourth-order valence-electron chi connectivity index (χ4n) is 5.07. The third-order valence-electron chi connectivity index (χ3n) is 6.96. The Bertz CT molecular complexity index is 1370. The highest BCUT2D eigenvalue weighted by Crippen LogP contribution is 2.44. The number of pyridine rings is 1. The minimum Gasteiger partial charge on any atom is -0.337 e. The van der Waals surface area contributed by atoms with Crippen LogP contribution in [0.15, 0.2) is 58.2 Å². The van der Waals surface area contributed by atoms with Gasteiger partial charge in [0.25, 0.3) is 5.91 Å². The predicted octanol–water partition coefficient (Wildman–Crippen LogP) is 4.59. The van der Waals surface area contributed by atoms with Gasteiger partial charge in [-0.3, -0.25) is 9.59 Å². The number of para-hydroxylation sites is 1. The average Bonchev–Trinajstić information content (AvgIpc) is 3.25. The van der Waals surface area contributed by atoms with Gasteiger partial charge in [-0.15, -0.1) is 11.8 Å². The summed E-state index contributed by atoms with van der Waals surface area (Å²) in [5, 5.41) is -0.305. The zero-order chi connectivity index (χ0) is 24.9. The van der Waals surface area contributed by atoms with Crippen LogP contribution in [0.4, 0.5) is 8.78 Å². The van der Waals surface area contributed by atoms with E-state index in [1.54, 1.807) is 11.0 Å². The molecule has 182 valence electrons. The molecule has 8 heteroatoms. The number of hydrogen-bond acceptors (Lipinski definition) is 4. The molecule has 0 N–H and O–H groups in total. The molecule has 2 aliphatic rings. The predicted molar refractivity (Wildman–Crippen MR) is 133 cm³/mol. The van der Waals surface area contributed by atoms with E-state index in [0.717, 1.165) is 28.8 Å². The Kier molecular flexibility index (Phi) is 6.27. The first-order valence-electron chi connectivity index (χ1n) is 11.7. The van der Waals surface area contributed by atoms with Crippen molar-refractivity contribution in [3.8, 4) is 5.69 Å². The highest BCUT2D eigenvalue weighted by Gasteiger charge is 2.34. The van der Waals surface area contributed by atoms with Crippen molar-refractivity contribution in [3.63, 3.8) is 0 Å². The Morgan fingerprint density at radius 2 is 1.86 bits per heavy atom. The maximum absolute atomic E-state index is 14.2. The van der Waals surface area contributed by atoms with E-state index in [2.05, 4.69) is 4.90 Å². The van der Waals surface area contributed by atoms with Crippen molar-refractivity contribution >= 4 is 17.7 Å². The molecule has 3 heterocycles. The second-order valence-corrected chi connectivity index (χ2v) is 10.7. The monoisotopic (exact) mass is 495 g/mol. The summed E-state index contributed by atoms with van der Waals surface area (Å²) in [7, 11) is 3.98. The number of aromatic nitrogens is 1. The fourth-order valence-corrected chi connectivity index (χ4v) is 6.34. The molecule has 1 amide bonds. The van der Waals surface area contributed by atoms with Crippen molar-refractivity contribution in [2.75, 3.05) is 27.2 Å². The van der Waals surface area contributed by atoms with Crippen LogP contribution in [0.25, 0.3) is 5.69 Å². The van der Waals surface area contributed by atoms with Gasteiger partial charge in [0.1, 0.15) is 5.56 Å². The summed E-state index contributed by atoms with van der Waals surface area (Å²) < 4.78 is 29.8. The van der Waals surface area contributed by atoms with Gasteiger partial charge < -0.3 is 14.4 Å². The third kappa shape index (κ3) is 4.29. The minimum absolute atomic E-state index is 0.167. The number of hydrogen-bond donors (Lipinski definition) is 0. The van der Waals surface area contributed by atoms with Gasteiger partial charge in [-0.1, -0.05) is 18.2 Å². The number of thioether (sulfide) groups is 1. The number of aryl methyl sites for hydroxylation is 1. The molecule has 1 aromatic heterocycles. The van der Waals surface area contributed by atoms with Gasteiger partial charge in [0, 0.05) is 53.2 Å². The zero-order valence-electron chi connectivity index (χ0n) is 19.9. The van der Waals surface area contributed by atoms with Gasteiger partial charge >= 0.3 is 0 Å². The van der Waals surface area contributed by atoms with Crippen LogP contribution in [-0.2, 0) is 6.42 Å². The maximum Gasteiger partial charge on any atom is 0.259 e. The van der Waals surface area contributed by atoms with Crippen LogP contribution >= 0.6 is 11.8 Å². The van der Waals surface area contributed by atoms with E-state index in [9.17, 15) is 18.4 Å². The molecule has 0 aliphatic carbocycles. The second-order valence-electron chi connectivity index (χ2n) is 9.42. The largest absolute Gasteiger partial charge is 0.337 e. The van der Waals surface area contributed by atoms with Crippen molar-refractivity contribution < 1.29 is 13.6 Å². The maximum atomic E-state index is 14.2. The average molecular weight is 496 g/mol. The normalized spacial score (nSPS) is 19.4. The van der Waals surface area contributed by atoms with Crippen LogP contribution in [0, 0.1) is 18.6 Å². The standard InChI is InChI=1S/C27H27F2N3O2S/c1-16-12-23(33)26(27(34)31-11-10-18(15-31)30(2)3)22-14-25(17-8-9-19(28)20(29)13-17)35-24-7-5-4-6-21(24)32(16)22/h4-9,12-13,18,25H,10-11,14-15H2,1-3H3/t18-,25-/m0/s1. The van der Waals surface area contributed by atoms with Crippen LogP contribution in [0.3, 0.4) is 0 Å². The van der Waals surface area contributed by atoms with Crippen molar-refractivity contribution in [2.45, 2.75) is 36.0 Å². The SMILES string of the molecule is Cc1cc(=O)c(C(=O)N2CC[C@H](N(C)C)C2)c2n1-c1ccccc1S[C@H](c1ccc(F)c(F)c1)C2. The van der Waals surface area contributed by atoms with E-state index in [1.807, 2.05) is 49.9 Å². The number of benzene rings is 2. The van der Waals surface area contributed by atoms with E-state index >= 15 is 0 Å². The molecular weight excluding hydrogens is 468 g/mol. The van der Waals surface area contributed by atoms with Crippen molar-refractivity contribution in [2.24, 2.45) is 0 Å². The molecule has 2 atom stereocenters. The lowest BCUT2D eigenvalue weighted by Gasteiger charge is -2.24. The van der Waals surface area contributed by atoms with Gasteiger partial charge in [0.2, 0.25) is 0 Å². The van der Waals surface area contributed by atoms with Crippen LogP contribution < -0.4 is 5.43 Å². The minimum atomic E-state index is -0.912. The molecular formula is C27H27F2N3O2S. The third-order valence-corrected chi connectivity index (χ3v) is 8.28. The highest BCUT2D eigenvalue weighted by atomic mass is 32.2. The van der Waals surface area contributed by atoms with Crippen LogP contribution in [0.5, 0.6) is 0 Å². The highest BCUT2D eigenvalue weighted by molar-refractivity contribution is 7.99. The van der Waals surface area contributed by atoms with E-state index in [0.29, 0.717) is 30.8 Å². The fraction of sp³-hybridized carbons (Fsp3) is 0.333. The number of likely N-dealkylation sites (tertiary alicyclic amines) is 1. The van der Waals surface area contributed by atoms with Gasteiger partial charge in [-0.25, -0.2) is 8.78 Å². The summed E-state index contributed by atoms with van der Waals surface area (Å²) in [6.45, 7) is 3.01. The molecule has 0 saturated carbocycles. The Morgan fingerprint density at radius 1 is 1.09 bits per heavy atom. The molecule has 1 saturated heterocycles. The van der Waals surface area contributed by atoms with Gasteiger partial charge in [-0.2, -0.15) is 0 Å². The molecule has 2 aliphatic heterocycles. The Morgan fingerprint density at radius 3 is 2.57 bits per heavy atom. The molecule has 3 aromatic rings. The molecule has 2 aromatic carbocycles. The molecule has 35 heavy (non-hydrogen) atoms. The molecule has 1 fully saturated rings. The summed E-state index contributed by atoms with van der Waals surface area (Å²) in [5.41, 5.74) is 2.68. The Balaban J connectivity index is 1.67. The smallest absolute Gasteiger partial charge is 0.259 e. The topological polar surface area (TPSA) is 45.6 Å². The summed E-state index contributed by atoms with van der Waals surface area (Å²) in [4.78, 5) is 31.9. The molecule has 5 nitrogen and oxygen atoms in total. The van der Waals surface area contributed by atoms with Crippen molar-refractivity contribution in [3.05, 3.63) is 92.9 Å². The van der Waals surface area contributed by atoms with Gasteiger partial charge in [-0.05, 0) is 57.3 Å². The number of amides is 1. The number of likely N-dealkylation sites (N-methyl/N-ethyl adjacent to an activating group) is 1. The molecule has 5 rings (SSSR count). The Hall–Kier alpha value is -2.97. The lowest BCUT2D eigenvalue weighted by molar-refractivity contribution is 0.0779. The van der Waals surface area contributed by atoms with E-state index in [-0.39, 0.29) is 28.2 Å². The van der Waals surface area contributed by atoms with Crippen molar-refractivity contribution in [1.82, 2.24) is 14.4 Å². The number of fused-ring (bicyclic) bond motifs is 3. The Labute approximate surface area is 207 Å². The molecule has 0 unspecified atom stereocenters. The van der Waals surface area contributed by atoms with Crippen LogP contribution in [-0.4, -0.2) is 53.5 Å². The number of halogens is 2. The molecule has 0 bridgehead atoms. The first kappa shape index (κ1) is 23.8. The summed E-state index contributed by atoms with van der Waals surface area (Å²) >= 11 is 1.53. The quantitative estimate of drug-likeness (QED) is 0.533. The van der Waals surface area contributed by atoms with Crippen LogP contribution in [0.2, 0.25) is 0 Å². The summed E-state index contributed by atoms with van der Waals surface area (Å²) in [6, 6.07) is 13.5. The first-order valence-corrected chi connectivity index (χ1v) is 12.5. The second kappa shape index (κ2) is 9.24. The lowest BCUT2D eigenvalue weighted by atomic mass is 10.0. The number of carbonyl (C=O) groups is 1. The zero-order valence-corrected chi connectivity index (χ0v) is 20.7. The van der Waals surface area contributed by atoms with Crippen molar-refractivity contribution in [1.29, 1.82) is 0 Å². The lowest BCUT2D eigenvalue weighted by Crippen LogP contribution is -2.38. The van der Waals surface area contributed by atoms with Gasteiger partial charge in [0.15, 0.2) is 17.1 Å².